The molecule has 238 valence electrons. The molecule has 4 rings (SSSR count). The Morgan fingerprint density at radius 3 is 2.50 bits per heavy atom. The Kier molecular flexibility index (Phi) is 9.63. The van der Waals surface area contributed by atoms with Crippen LogP contribution in [0.2, 0.25) is 0 Å². The second kappa shape index (κ2) is 12.7. The molecule has 44 heavy (non-hydrogen) atoms. The third-order valence-corrected chi connectivity index (χ3v) is 7.84. The van der Waals surface area contributed by atoms with Gasteiger partial charge in [0.25, 0.3) is 5.91 Å². The number of Topliss-reactive ketones (excluding diaryl/α,β-unsaturated/α-hetero) is 1. The van der Waals surface area contributed by atoms with Crippen LogP contribution in [0.3, 0.4) is 0 Å². The molecular weight excluding hydrogens is 632 g/mol. The van der Waals surface area contributed by atoms with E-state index in [0.717, 1.165) is 11.0 Å². The van der Waals surface area contributed by atoms with Gasteiger partial charge in [0, 0.05) is 29.1 Å². The summed E-state index contributed by atoms with van der Waals surface area (Å²) in [6.07, 6.45) is 0.517. The number of unbranched alkanes of at least 4 members (excludes halogenated alkanes) is 1. The highest BCUT2D eigenvalue weighted by Gasteiger charge is 2.41. The summed E-state index contributed by atoms with van der Waals surface area (Å²) in [4.78, 5) is 58.4. The van der Waals surface area contributed by atoms with Crippen molar-refractivity contribution in [3.63, 3.8) is 0 Å². The molecule has 1 atom stereocenters. The number of alkyl halides is 1. The van der Waals surface area contributed by atoms with Gasteiger partial charge in [0.2, 0.25) is 0 Å². The fraction of sp³-hybridized carbons (Fsp3) is 0.531. The monoisotopic (exact) mass is 672 g/mol. The Morgan fingerprint density at radius 1 is 1.18 bits per heavy atom. The predicted octanol–water partition coefficient (Wildman–Crippen LogP) is 7.05. The van der Waals surface area contributed by atoms with E-state index in [1.165, 1.54) is 4.57 Å². The number of carboxylic acid groups (broad SMARTS) is 1. The second-order valence-electron chi connectivity index (χ2n) is 13.0. The molecule has 0 saturated heterocycles. The van der Waals surface area contributed by atoms with Gasteiger partial charge in [-0.2, -0.15) is 0 Å². The van der Waals surface area contributed by atoms with Crippen molar-refractivity contribution in [2.45, 2.75) is 92.2 Å². The molecule has 12 heteroatoms. The molecule has 0 spiro atoms. The summed E-state index contributed by atoms with van der Waals surface area (Å²) in [6.45, 7) is 13.1. The van der Waals surface area contributed by atoms with E-state index in [0.29, 0.717) is 64.8 Å². The lowest BCUT2D eigenvalue weighted by Gasteiger charge is -2.30. The minimum atomic E-state index is -1.26. The molecule has 11 nitrogen and oxygen atoms in total. The normalized spacial score (nSPS) is 15.1. The van der Waals surface area contributed by atoms with E-state index in [1.807, 2.05) is 20.8 Å². The quantitative estimate of drug-likeness (QED) is 0.230. The number of fused-ring (bicyclic) bond motifs is 2. The van der Waals surface area contributed by atoms with Gasteiger partial charge in [-0.05, 0) is 63.6 Å². The van der Waals surface area contributed by atoms with Crippen LogP contribution in [-0.4, -0.2) is 60.6 Å². The Balaban J connectivity index is 1.84. The lowest BCUT2D eigenvalue weighted by molar-refractivity contribution is 0.0518. The smallest absolute Gasteiger partial charge is 0.419 e. The van der Waals surface area contributed by atoms with Crippen molar-refractivity contribution in [1.82, 2.24) is 19.4 Å². The largest absolute Gasteiger partial charge is 0.493 e. The Hall–Kier alpha value is -3.67. The number of carbonyl (C=O) groups is 4. The van der Waals surface area contributed by atoms with Gasteiger partial charge in [-0.3, -0.25) is 9.59 Å². The number of hydrogen-bond donors (Lipinski definition) is 2. The zero-order valence-electron chi connectivity index (χ0n) is 26.4. The molecular formula is C32H41BrN4O7. The molecule has 2 N–H and O–H groups in total. The van der Waals surface area contributed by atoms with Crippen molar-refractivity contribution in [1.29, 1.82) is 0 Å². The molecule has 1 aromatic carbocycles. The van der Waals surface area contributed by atoms with Crippen molar-refractivity contribution in [2.75, 3.05) is 11.9 Å². The molecule has 0 radical (unpaired) electrons. The fourth-order valence-corrected chi connectivity index (χ4v) is 5.92. The van der Waals surface area contributed by atoms with Gasteiger partial charge in [-0.15, -0.1) is 0 Å². The lowest BCUT2D eigenvalue weighted by atomic mass is 9.75. The molecule has 0 saturated carbocycles. The molecule has 1 aliphatic carbocycles. The first kappa shape index (κ1) is 33.2. The average Bonchev–Trinajstić information content (AvgIpc) is 3.43. The number of nitrogens with zero attached hydrogens (tertiary/aromatic N) is 3. The number of rotatable bonds is 9. The topological polar surface area (TPSA) is 142 Å². The first-order valence-corrected chi connectivity index (χ1v) is 16.0. The van der Waals surface area contributed by atoms with Crippen LogP contribution >= 0.6 is 15.9 Å². The van der Waals surface area contributed by atoms with Crippen LogP contribution in [0.15, 0.2) is 18.2 Å². The highest BCUT2D eigenvalue weighted by molar-refractivity contribution is 9.09. The van der Waals surface area contributed by atoms with E-state index < -0.39 is 35.2 Å². The molecule has 1 aliphatic rings. The summed E-state index contributed by atoms with van der Waals surface area (Å²) >= 11 is 3.32. The van der Waals surface area contributed by atoms with Crippen molar-refractivity contribution in [3.05, 3.63) is 46.5 Å². The SMILES string of the molecule is CCCCC(NC(=O)c1c(C)c2c(n1C(=O)OC(C)(C)C)CC(C)(C)CC2=O)c1nc2ccc(OCCBr)cc2n1C(=O)O. The number of ether oxygens (including phenoxy) is 2. The van der Waals surface area contributed by atoms with Gasteiger partial charge < -0.3 is 19.9 Å². The summed E-state index contributed by atoms with van der Waals surface area (Å²) in [5.74, 6) is -0.135. The minimum Gasteiger partial charge on any atom is -0.493 e. The molecule has 2 heterocycles. The Morgan fingerprint density at radius 2 is 1.89 bits per heavy atom. The number of benzene rings is 1. The number of nitrogens with one attached hydrogen (secondary N) is 1. The summed E-state index contributed by atoms with van der Waals surface area (Å²) in [5, 5.41) is 13.8. The standard InChI is InChI=1S/C32H41BrN4O7/c1-8-9-10-21(27-34-20-12-11-19(43-14-13-33)15-22(20)37(27)29(40)41)35-28(39)26-18(2)25-23(16-32(6,7)17-24(25)38)36(26)30(42)44-31(3,4)5/h11-12,15,21H,8-10,13-14,16-17H2,1-7H3,(H,35,39)(H,40,41). The number of imidazole rings is 1. The minimum absolute atomic E-state index is 0.000226. The summed E-state index contributed by atoms with van der Waals surface area (Å²) in [6, 6.07) is 4.19. The van der Waals surface area contributed by atoms with E-state index in [1.54, 1.807) is 45.9 Å². The van der Waals surface area contributed by atoms with E-state index in [2.05, 4.69) is 26.2 Å². The lowest BCUT2D eigenvalue weighted by Crippen LogP contribution is -2.36. The number of amides is 1. The molecule has 1 unspecified atom stereocenters. The summed E-state index contributed by atoms with van der Waals surface area (Å²) in [5.41, 5.74) is 0.680. The summed E-state index contributed by atoms with van der Waals surface area (Å²) in [7, 11) is 0. The fourth-order valence-electron chi connectivity index (χ4n) is 5.76. The number of halogens is 1. The highest BCUT2D eigenvalue weighted by atomic mass is 79.9. The zero-order valence-corrected chi connectivity index (χ0v) is 28.0. The molecule has 0 bridgehead atoms. The van der Waals surface area contributed by atoms with Crippen LogP contribution in [0.4, 0.5) is 9.59 Å². The number of aromatic nitrogens is 3. The van der Waals surface area contributed by atoms with Crippen molar-refractivity contribution < 1.29 is 33.8 Å². The predicted molar refractivity (Wildman–Crippen MR) is 169 cm³/mol. The van der Waals surface area contributed by atoms with Crippen LogP contribution < -0.4 is 10.1 Å². The molecule has 0 fully saturated rings. The van der Waals surface area contributed by atoms with Crippen LogP contribution in [0.1, 0.15) is 111 Å². The van der Waals surface area contributed by atoms with Crippen molar-refractivity contribution in [2.24, 2.45) is 5.41 Å². The van der Waals surface area contributed by atoms with Gasteiger partial charge >= 0.3 is 12.2 Å². The van der Waals surface area contributed by atoms with Crippen LogP contribution in [0, 0.1) is 12.3 Å². The van der Waals surface area contributed by atoms with E-state index in [-0.39, 0.29) is 23.7 Å². The third kappa shape index (κ3) is 6.85. The van der Waals surface area contributed by atoms with Gasteiger partial charge in [0.05, 0.1) is 23.7 Å². The van der Waals surface area contributed by atoms with Gasteiger partial charge in [0.15, 0.2) is 5.78 Å². The molecule has 3 aromatic rings. The highest BCUT2D eigenvalue weighted by Crippen LogP contribution is 2.39. The van der Waals surface area contributed by atoms with E-state index >= 15 is 0 Å². The van der Waals surface area contributed by atoms with Gasteiger partial charge in [-0.25, -0.2) is 23.7 Å². The first-order valence-electron chi connectivity index (χ1n) is 14.8. The van der Waals surface area contributed by atoms with Crippen LogP contribution in [0.5, 0.6) is 5.75 Å². The Labute approximate surface area is 265 Å². The Bertz CT molecular complexity index is 1610. The maximum absolute atomic E-state index is 14.2. The first-order chi connectivity index (χ1) is 20.6. The number of ketones is 1. The maximum atomic E-state index is 14.2. The maximum Gasteiger partial charge on any atom is 0.419 e. The van der Waals surface area contributed by atoms with Crippen LogP contribution in [0.25, 0.3) is 11.0 Å². The second-order valence-corrected chi connectivity index (χ2v) is 13.8. The average molecular weight is 674 g/mol. The third-order valence-electron chi connectivity index (χ3n) is 7.52. The van der Waals surface area contributed by atoms with Crippen LogP contribution in [-0.2, 0) is 11.2 Å². The van der Waals surface area contributed by atoms with Crippen molar-refractivity contribution in [3.8, 4) is 5.75 Å². The van der Waals surface area contributed by atoms with Crippen molar-refractivity contribution >= 4 is 50.8 Å². The zero-order chi connectivity index (χ0) is 32.6. The van der Waals surface area contributed by atoms with E-state index in [4.69, 9.17) is 9.47 Å². The molecule has 1 amide bonds. The van der Waals surface area contributed by atoms with E-state index in [9.17, 15) is 24.3 Å². The van der Waals surface area contributed by atoms with Gasteiger partial charge in [-0.1, -0.05) is 49.5 Å². The number of hydrogen-bond acceptors (Lipinski definition) is 7. The summed E-state index contributed by atoms with van der Waals surface area (Å²) < 4.78 is 13.7. The molecule has 0 aliphatic heterocycles. The van der Waals surface area contributed by atoms with Gasteiger partial charge in [0.1, 0.15) is 22.9 Å². The molecule has 2 aromatic heterocycles. The number of carbonyl (C=O) groups excluding carboxylic acids is 3.